The van der Waals surface area contributed by atoms with Crippen LogP contribution in [0.2, 0.25) is 0 Å². The lowest BCUT2D eigenvalue weighted by atomic mass is 10.0. The molecule has 0 aliphatic carbocycles. The monoisotopic (exact) mass is 540 g/mol. The summed E-state index contributed by atoms with van der Waals surface area (Å²) in [7, 11) is 0. The van der Waals surface area contributed by atoms with E-state index in [1.54, 1.807) is 6.92 Å². The van der Waals surface area contributed by atoms with Crippen LogP contribution in [0.4, 0.5) is 22.0 Å². The highest BCUT2D eigenvalue weighted by molar-refractivity contribution is 5.55. The van der Waals surface area contributed by atoms with Crippen molar-refractivity contribution in [2.24, 2.45) is 0 Å². The molecule has 0 amide bonds. The number of rotatable bonds is 16. The smallest absolute Gasteiger partial charge is 0.426 e. The molecule has 6 heteroatoms. The maximum atomic E-state index is 14.7. The van der Waals surface area contributed by atoms with Crippen LogP contribution in [0, 0.1) is 0 Å². The summed E-state index contributed by atoms with van der Waals surface area (Å²) in [5.74, 6) is -2.95. The molecule has 206 valence electrons. The van der Waals surface area contributed by atoms with Crippen molar-refractivity contribution in [3.8, 4) is 0 Å². The second kappa shape index (κ2) is 15.1. The summed E-state index contributed by atoms with van der Waals surface area (Å²) in [5, 5.41) is 0. The van der Waals surface area contributed by atoms with Crippen LogP contribution < -0.4 is 0 Å². The van der Waals surface area contributed by atoms with Gasteiger partial charge in [0.1, 0.15) is 23.2 Å². The zero-order valence-electron chi connectivity index (χ0n) is 22.4. The minimum Gasteiger partial charge on any atom is -0.430 e. The van der Waals surface area contributed by atoms with Crippen LogP contribution in [0.15, 0.2) is 182 Å². The molecule has 0 N–H and O–H groups in total. The van der Waals surface area contributed by atoms with E-state index in [4.69, 9.17) is 0 Å². The fourth-order valence-corrected chi connectivity index (χ4v) is 2.23. The molecule has 0 aromatic carbocycles. The summed E-state index contributed by atoms with van der Waals surface area (Å²) in [6.45, 7) is 38.2. The number of halogens is 5. The molecule has 1 nitrogen and oxygen atoms in total. The first-order valence-electron chi connectivity index (χ1n) is 11.2. The maximum Gasteiger partial charge on any atom is 0.426 e. The highest BCUT2D eigenvalue weighted by atomic mass is 19.3. The van der Waals surface area contributed by atoms with E-state index in [0.717, 1.165) is 30.4 Å². The quantitative estimate of drug-likeness (QED) is 0.107. The molecule has 0 fully saturated rings. The first kappa shape index (κ1) is 34.6. The Labute approximate surface area is 228 Å². The molecular weight excluding hydrogens is 507 g/mol. The second-order valence-corrected chi connectivity index (χ2v) is 8.44. The lowest BCUT2D eigenvalue weighted by Crippen LogP contribution is -2.21. The molecule has 0 radical (unpaired) electrons. The van der Waals surface area contributed by atoms with Crippen molar-refractivity contribution in [1.82, 2.24) is 0 Å². The summed E-state index contributed by atoms with van der Waals surface area (Å²) in [5.41, 5.74) is -0.458. The van der Waals surface area contributed by atoms with Crippen LogP contribution in [0.1, 0.15) is 13.8 Å². The average Bonchev–Trinajstić information content (AvgIpc) is 2.83. The molecule has 0 saturated heterocycles. The summed E-state index contributed by atoms with van der Waals surface area (Å²) in [6.07, 6.45) is 3.82. The van der Waals surface area contributed by atoms with Gasteiger partial charge in [-0.05, 0) is 72.1 Å². The highest BCUT2D eigenvalue weighted by Crippen LogP contribution is 2.29. The third-order valence-corrected chi connectivity index (χ3v) is 4.75. The number of allylic oxidation sites excluding steroid dienone is 17. The molecule has 0 aromatic heterocycles. The van der Waals surface area contributed by atoms with E-state index < -0.39 is 34.9 Å². The van der Waals surface area contributed by atoms with E-state index in [2.05, 4.69) is 70.5 Å². The number of alkyl halides is 2. The Kier molecular flexibility index (Phi) is 13.4. The molecule has 0 rings (SSSR count). The summed E-state index contributed by atoms with van der Waals surface area (Å²) in [6, 6.07) is 0. The molecule has 0 atom stereocenters. The predicted molar refractivity (Wildman–Crippen MR) is 155 cm³/mol. The van der Waals surface area contributed by atoms with Gasteiger partial charge >= 0.3 is 6.11 Å². The predicted octanol–water partition coefficient (Wildman–Crippen LogP) is 10.8. The normalized spacial score (nSPS) is 12.7. The van der Waals surface area contributed by atoms with Gasteiger partial charge in [0.2, 0.25) is 0 Å². The van der Waals surface area contributed by atoms with E-state index in [1.807, 2.05) is 0 Å². The van der Waals surface area contributed by atoms with Crippen molar-refractivity contribution in [2.75, 3.05) is 0 Å². The Morgan fingerprint density at radius 1 is 0.564 bits per heavy atom. The molecule has 0 heterocycles. The van der Waals surface area contributed by atoms with Crippen molar-refractivity contribution in [3.05, 3.63) is 182 Å². The molecule has 0 aromatic rings. The van der Waals surface area contributed by atoms with Gasteiger partial charge in [0.05, 0.1) is 5.57 Å². The van der Waals surface area contributed by atoms with Crippen molar-refractivity contribution in [2.45, 2.75) is 20.0 Å². The Hall–Kier alpha value is -4.45. The van der Waals surface area contributed by atoms with E-state index in [1.165, 1.54) is 19.1 Å². The van der Waals surface area contributed by atoms with Gasteiger partial charge in [-0.1, -0.05) is 83.5 Å². The van der Waals surface area contributed by atoms with Crippen molar-refractivity contribution in [1.29, 1.82) is 0 Å². The lowest BCUT2D eigenvalue weighted by molar-refractivity contribution is -0.175. The van der Waals surface area contributed by atoms with E-state index in [-0.39, 0.29) is 39.0 Å². The summed E-state index contributed by atoms with van der Waals surface area (Å²) < 4.78 is 75.8. The first-order valence-corrected chi connectivity index (χ1v) is 11.2. The van der Waals surface area contributed by atoms with Gasteiger partial charge < -0.3 is 4.74 Å². The molecule has 0 bridgehead atoms. The largest absolute Gasteiger partial charge is 0.430 e. The van der Waals surface area contributed by atoms with Gasteiger partial charge in [0.25, 0.3) is 0 Å². The van der Waals surface area contributed by atoms with Crippen LogP contribution in [0.3, 0.4) is 0 Å². The van der Waals surface area contributed by atoms with Crippen molar-refractivity contribution in [3.63, 3.8) is 0 Å². The Morgan fingerprint density at radius 3 is 1.44 bits per heavy atom. The molecule has 0 saturated carbocycles. The standard InChI is InChI=1S/C33H33F5O/c1-20(2)13-15-26(9)33(37,38)39-27(10)16-14-22(5)23(6)17-31(35)29(12)25(8)19-32(36)28(11)24(7)18-30(34)21(3)4/h13-19H,1,3,5-12H2,2,4H3/b15-13-,16-14-,30-18+,31-17+,32-19+. The lowest BCUT2D eigenvalue weighted by Gasteiger charge is -2.18. The molecular formula is C33H33F5O. The minimum atomic E-state index is -3.73. The fraction of sp³-hybridized carbons (Fsp3) is 0.0909. The second-order valence-electron chi connectivity index (χ2n) is 8.44. The number of ether oxygens (including phenoxy) is 1. The van der Waals surface area contributed by atoms with Gasteiger partial charge in [-0.15, -0.1) is 0 Å². The third-order valence-electron chi connectivity index (χ3n) is 4.75. The van der Waals surface area contributed by atoms with Crippen LogP contribution in [0.5, 0.6) is 0 Å². The topological polar surface area (TPSA) is 9.23 Å². The van der Waals surface area contributed by atoms with Gasteiger partial charge in [-0.3, -0.25) is 0 Å². The van der Waals surface area contributed by atoms with E-state index in [9.17, 15) is 22.0 Å². The van der Waals surface area contributed by atoms with Gasteiger partial charge in [-0.25, -0.2) is 13.2 Å². The molecule has 0 aliphatic rings. The van der Waals surface area contributed by atoms with E-state index >= 15 is 0 Å². The summed E-state index contributed by atoms with van der Waals surface area (Å²) >= 11 is 0. The fourth-order valence-electron chi connectivity index (χ4n) is 2.23. The van der Waals surface area contributed by atoms with Crippen LogP contribution in [0.25, 0.3) is 0 Å². The first-order chi connectivity index (χ1) is 17.8. The Bertz CT molecular complexity index is 1300. The van der Waals surface area contributed by atoms with Crippen molar-refractivity contribution >= 4 is 0 Å². The summed E-state index contributed by atoms with van der Waals surface area (Å²) in [4.78, 5) is 0. The highest BCUT2D eigenvalue weighted by Gasteiger charge is 2.34. The molecule has 0 unspecified atom stereocenters. The van der Waals surface area contributed by atoms with Crippen LogP contribution in [-0.4, -0.2) is 6.11 Å². The zero-order chi connectivity index (χ0) is 30.7. The van der Waals surface area contributed by atoms with Gasteiger partial charge in [0, 0.05) is 11.1 Å². The molecule has 0 aliphatic heterocycles. The zero-order valence-corrected chi connectivity index (χ0v) is 22.4. The number of hydrogen-bond acceptors (Lipinski definition) is 1. The van der Waals surface area contributed by atoms with Gasteiger partial charge in [-0.2, -0.15) is 8.78 Å². The Balaban J connectivity index is 5.37. The average molecular weight is 541 g/mol. The maximum absolute atomic E-state index is 14.7. The van der Waals surface area contributed by atoms with E-state index in [0.29, 0.717) is 5.57 Å². The Morgan fingerprint density at radius 2 is 1.00 bits per heavy atom. The number of hydrogen-bond donors (Lipinski definition) is 0. The third kappa shape index (κ3) is 12.1. The minimum absolute atomic E-state index is 0.0497. The molecule has 0 spiro atoms. The van der Waals surface area contributed by atoms with Crippen LogP contribution >= 0.6 is 0 Å². The SMILES string of the molecule is C=C(C)/C=C\C(=C)C(F)(F)OC(=C)/C=C\C(=C)C(=C)/C=C(/F)C(=C)C(=C)/C=C(/F)C(=C)C(=C)/C=C(/F)C(=C)C. The van der Waals surface area contributed by atoms with Crippen LogP contribution in [-0.2, 0) is 4.74 Å². The van der Waals surface area contributed by atoms with Crippen molar-refractivity contribution < 1.29 is 26.7 Å². The molecule has 39 heavy (non-hydrogen) atoms. The van der Waals surface area contributed by atoms with Gasteiger partial charge in [0.15, 0.2) is 0 Å².